The van der Waals surface area contributed by atoms with Crippen LogP contribution in [0.1, 0.15) is 24.8 Å². The molecular weight excluding hydrogens is 371 g/mol. The van der Waals surface area contributed by atoms with Crippen molar-refractivity contribution in [3.8, 4) is 0 Å². The molecule has 0 radical (unpaired) electrons. The van der Waals surface area contributed by atoms with Crippen molar-refractivity contribution in [2.75, 3.05) is 28.6 Å². The zero-order valence-electron chi connectivity index (χ0n) is 15.1. The molecule has 1 aliphatic rings. The van der Waals surface area contributed by atoms with Gasteiger partial charge in [0.2, 0.25) is 11.8 Å². The monoisotopic (exact) mass is 391 g/mol. The van der Waals surface area contributed by atoms with Crippen LogP contribution in [-0.4, -0.2) is 24.9 Å². The quantitative estimate of drug-likeness (QED) is 0.749. The molecule has 5 nitrogen and oxygen atoms in total. The third-order valence-corrected chi connectivity index (χ3v) is 4.45. The molecule has 2 aromatic carbocycles. The minimum Gasteiger partial charge on any atom is -0.372 e. The van der Waals surface area contributed by atoms with Gasteiger partial charge in [-0.2, -0.15) is 13.2 Å². The van der Waals surface area contributed by atoms with Gasteiger partial charge >= 0.3 is 6.18 Å². The van der Waals surface area contributed by atoms with Crippen LogP contribution in [0.2, 0.25) is 0 Å². The molecule has 0 atom stereocenters. The van der Waals surface area contributed by atoms with Gasteiger partial charge in [0, 0.05) is 24.5 Å². The summed E-state index contributed by atoms with van der Waals surface area (Å²) >= 11 is 0. The summed E-state index contributed by atoms with van der Waals surface area (Å²) in [7, 11) is 0. The zero-order valence-corrected chi connectivity index (χ0v) is 15.1. The first kappa shape index (κ1) is 19.7. The molecule has 8 heteroatoms. The van der Waals surface area contributed by atoms with Gasteiger partial charge in [-0.1, -0.05) is 12.1 Å². The third-order valence-electron chi connectivity index (χ3n) is 4.45. The molecule has 0 unspecified atom stereocenters. The highest BCUT2D eigenvalue weighted by Gasteiger charge is 2.33. The minimum atomic E-state index is -4.59. The first-order chi connectivity index (χ1) is 13.3. The van der Waals surface area contributed by atoms with Crippen LogP contribution in [0.5, 0.6) is 0 Å². The standard InChI is InChI=1S/C20H20F3N3O2/c21-20(22,23)16-5-1-2-6-17(16)25-19(28)13-18(27)24-14-7-9-15(10-8-14)26-11-3-4-12-26/h1-2,5-10H,3-4,11-13H2,(H,24,27)(H,25,28). The lowest BCUT2D eigenvalue weighted by atomic mass is 10.1. The van der Waals surface area contributed by atoms with Crippen LogP contribution >= 0.6 is 0 Å². The lowest BCUT2D eigenvalue weighted by Gasteiger charge is -2.17. The zero-order chi connectivity index (χ0) is 20.1. The summed E-state index contributed by atoms with van der Waals surface area (Å²) in [6, 6.07) is 11.9. The van der Waals surface area contributed by atoms with Crippen molar-refractivity contribution < 1.29 is 22.8 Å². The van der Waals surface area contributed by atoms with E-state index in [9.17, 15) is 22.8 Å². The van der Waals surface area contributed by atoms with E-state index in [2.05, 4.69) is 15.5 Å². The Morgan fingerprint density at radius 2 is 1.50 bits per heavy atom. The summed E-state index contributed by atoms with van der Waals surface area (Å²) in [5, 5.41) is 4.73. The van der Waals surface area contributed by atoms with Gasteiger partial charge in [-0.25, -0.2) is 0 Å². The van der Waals surface area contributed by atoms with E-state index in [4.69, 9.17) is 0 Å². The van der Waals surface area contributed by atoms with Crippen molar-refractivity contribution in [1.29, 1.82) is 0 Å². The predicted octanol–water partition coefficient (Wildman–Crippen LogP) is 4.27. The van der Waals surface area contributed by atoms with Crippen molar-refractivity contribution in [1.82, 2.24) is 0 Å². The van der Waals surface area contributed by atoms with E-state index in [0.29, 0.717) is 5.69 Å². The maximum Gasteiger partial charge on any atom is 0.418 e. The van der Waals surface area contributed by atoms with Gasteiger partial charge < -0.3 is 15.5 Å². The van der Waals surface area contributed by atoms with E-state index in [1.165, 1.54) is 12.1 Å². The molecule has 0 aliphatic carbocycles. The molecule has 0 bridgehead atoms. The SMILES string of the molecule is O=C(CC(=O)Nc1ccccc1C(F)(F)F)Nc1ccc(N2CCCC2)cc1. The molecule has 0 spiro atoms. The lowest BCUT2D eigenvalue weighted by Crippen LogP contribution is -2.23. The van der Waals surface area contributed by atoms with Crippen molar-refractivity contribution in [2.24, 2.45) is 0 Å². The highest BCUT2D eigenvalue weighted by atomic mass is 19.4. The molecule has 2 aromatic rings. The van der Waals surface area contributed by atoms with Gasteiger partial charge in [0.25, 0.3) is 0 Å². The van der Waals surface area contributed by atoms with Crippen molar-refractivity contribution in [3.63, 3.8) is 0 Å². The van der Waals surface area contributed by atoms with Crippen molar-refractivity contribution >= 4 is 28.9 Å². The molecule has 1 heterocycles. The number of alkyl halides is 3. The van der Waals surface area contributed by atoms with Crippen LogP contribution in [0.4, 0.5) is 30.2 Å². The van der Waals surface area contributed by atoms with E-state index in [1.807, 2.05) is 12.1 Å². The van der Waals surface area contributed by atoms with Gasteiger partial charge in [-0.05, 0) is 49.2 Å². The normalized spacial score (nSPS) is 14.0. The Hall–Kier alpha value is -3.03. The Balaban J connectivity index is 1.56. The Morgan fingerprint density at radius 3 is 2.14 bits per heavy atom. The molecule has 1 aliphatic heterocycles. The molecule has 1 saturated heterocycles. The lowest BCUT2D eigenvalue weighted by molar-refractivity contribution is -0.137. The molecule has 1 fully saturated rings. The second kappa shape index (κ2) is 8.33. The third kappa shape index (κ3) is 5.03. The smallest absolute Gasteiger partial charge is 0.372 e. The van der Waals surface area contributed by atoms with E-state index in [-0.39, 0.29) is 5.69 Å². The average molecular weight is 391 g/mol. The van der Waals surface area contributed by atoms with Crippen LogP contribution in [0.15, 0.2) is 48.5 Å². The van der Waals surface area contributed by atoms with E-state index in [1.54, 1.807) is 12.1 Å². The van der Waals surface area contributed by atoms with Crippen LogP contribution in [0, 0.1) is 0 Å². The Morgan fingerprint density at radius 1 is 0.893 bits per heavy atom. The molecule has 0 saturated carbocycles. The Bertz CT molecular complexity index is 845. The fourth-order valence-corrected chi connectivity index (χ4v) is 3.12. The van der Waals surface area contributed by atoms with Crippen LogP contribution in [0.3, 0.4) is 0 Å². The number of benzene rings is 2. The number of carbonyl (C=O) groups is 2. The number of carbonyl (C=O) groups excluding carboxylic acids is 2. The Labute approximate surface area is 160 Å². The maximum atomic E-state index is 13.0. The summed E-state index contributed by atoms with van der Waals surface area (Å²) in [4.78, 5) is 26.3. The molecular formula is C20H20F3N3O2. The highest BCUT2D eigenvalue weighted by Crippen LogP contribution is 2.34. The predicted molar refractivity (Wildman–Crippen MR) is 101 cm³/mol. The molecule has 3 rings (SSSR count). The summed E-state index contributed by atoms with van der Waals surface area (Å²) in [5.74, 6) is -1.42. The molecule has 148 valence electrons. The van der Waals surface area contributed by atoms with Crippen LogP contribution in [0.25, 0.3) is 0 Å². The second-order valence-electron chi connectivity index (χ2n) is 6.56. The fourth-order valence-electron chi connectivity index (χ4n) is 3.12. The summed E-state index contributed by atoms with van der Waals surface area (Å²) in [6.45, 7) is 2.01. The number of para-hydroxylation sites is 1. The Kier molecular flexibility index (Phi) is 5.87. The number of nitrogens with one attached hydrogen (secondary N) is 2. The van der Waals surface area contributed by atoms with Gasteiger partial charge in [-0.15, -0.1) is 0 Å². The number of anilines is 3. The summed E-state index contributed by atoms with van der Waals surface area (Å²) < 4.78 is 38.9. The van der Waals surface area contributed by atoms with Crippen molar-refractivity contribution in [2.45, 2.75) is 25.4 Å². The van der Waals surface area contributed by atoms with E-state index in [0.717, 1.165) is 43.8 Å². The van der Waals surface area contributed by atoms with E-state index < -0.39 is 30.0 Å². The average Bonchev–Trinajstić information content (AvgIpc) is 3.16. The van der Waals surface area contributed by atoms with E-state index >= 15 is 0 Å². The number of nitrogens with zero attached hydrogens (tertiary/aromatic N) is 1. The number of hydrogen-bond acceptors (Lipinski definition) is 3. The van der Waals surface area contributed by atoms with Crippen LogP contribution < -0.4 is 15.5 Å². The maximum absolute atomic E-state index is 13.0. The fraction of sp³-hybridized carbons (Fsp3) is 0.300. The van der Waals surface area contributed by atoms with Gasteiger partial charge in [0.1, 0.15) is 6.42 Å². The first-order valence-electron chi connectivity index (χ1n) is 8.94. The number of hydrogen-bond donors (Lipinski definition) is 2. The van der Waals surface area contributed by atoms with Gasteiger partial charge in [-0.3, -0.25) is 9.59 Å². The number of halogens is 3. The largest absolute Gasteiger partial charge is 0.418 e. The topological polar surface area (TPSA) is 61.4 Å². The van der Waals surface area contributed by atoms with Crippen molar-refractivity contribution in [3.05, 3.63) is 54.1 Å². The first-order valence-corrected chi connectivity index (χ1v) is 8.94. The second-order valence-corrected chi connectivity index (χ2v) is 6.56. The number of rotatable bonds is 5. The minimum absolute atomic E-state index is 0.372. The summed E-state index contributed by atoms with van der Waals surface area (Å²) in [5.41, 5.74) is 0.262. The molecule has 0 aromatic heterocycles. The van der Waals surface area contributed by atoms with Gasteiger partial charge in [0.05, 0.1) is 11.3 Å². The molecule has 2 N–H and O–H groups in total. The number of amides is 2. The highest BCUT2D eigenvalue weighted by molar-refractivity contribution is 6.08. The summed E-state index contributed by atoms with van der Waals surface area (Å²) in [6.07, 6.45) is -2.86. The molecule has 2 amide bonds. The molecule has 28 heavy (non-hydrogen) atoms. The van der Waals surface area contributed by atoms with Crippen LogP contribution in [-0.2, 0) is 15.8 Å². The van der Waals surface area contributed by atoms with Gasteiger partial charge in [0.15, 0.2) is 0 Å².